The third kappa shape index (κ3) is 2.37. The number of hydrogen-bond acceptors (Lipinski definition) is 3. The van der Waals surface area contributed by atoms with E-state index in [0.717, 1.165) is 10.8 Å². The van der Waals surface area contributed by atoms with Crippen molar-refractivity contribution in [1.82, 2.24) is 0 Å². The van der Waals surface area contributed by atoms with E-state index in [-0.39, 0.29) is 15.5 Å². The lowest BCUT2D eigenvalue weighted by Crippen LogP contribution is -2.05. The molecule has 0 radical (unpaired) electrons. The zero-order chi connectivity index (χ0) is 15.0. The van der Waals surface area contributed by atoms with E-state index in [1.165, 1.54) is 12.1 Å². The van der Waals surface area contributed by atoms with Crippen LogP contribution in [-0.2, 0) is 9.84 Å². The van der Waals surface area contributed by atoms with Gasteiger partial charge in [0.05, 0.1) is 15.5 Å². The molecule has 2 N–H and O–H groups in total. The standard InChI is InChI=1S/C16H12ClNO2S/c17-14-10-12(9-11-5-1-2-6-13(11)14)21(19,20)16-8-4-3-7-15(16)18/h1-10H,18H2. The first-order chi connectivity index (χ1) is 10.00. The van der Waals surface area contributed by atoms with Crippen molar-refractivity contribution < 1.29 is 8.42 Å². The highest BCUT2D eigenvalue weighted by atomic mass is 35.5. The molecule has 0 aliphatic rings. The van der Waals surface area contributed by atoms with Gasteiger partial charge in [-0.15, -0.1) is 0 Å². The van der Waals surface area contributed by atoms with Crippen LogP contribution in [0.2, 0.25) is 5.02 Å². The van der Waals surface area contributed by atoms with Gasteiger partial charge in [0.1, 0.15) is 0 Å². The Bertz CT molecular complexity index is 936. The number of hydrogen-bond donors (Lipinski definition) is 1. The molecule has 3 aromatic rings. The molecule has 3 aromatic carbocycles. The van der Waals surface area contributed by atoms with Crippen LogP contribution in [0.25, 0.3) is 10.8 Å². The van der Waals surface area contributed by atoms with E-state index >= 15 is 0 Å². The van der Waals surface area contributed by atoms with Gasteiger partial charge in [-0.25, -0.2) is 8.42 Å². The molecular weight excluding hydrogens is 306 g/mol. The highest BCUT2D eigenvalue weighted by molar-refractivity contribution is 7.91. The molecule has 0 saturated heterocycles. The molecule has 0 saturated carbocycles. The summed E-state index contributed by atoms with van der Waals surface area (Å²) in [6.45, 7) is 0. The summed E-state index contributed by atoms with van der Waals surface area (Å²) in [4.78, 5) is 0.237. The zero-order valence-corrected chi connectivity index (χ0v) is 12.5. The topological polar surface area (TPSA) is 60.2 Å². The van der Waals surface area contributed by atoms with Crippen LogP contribution in [0.3, 0.4) is 0 Å². The Morgan fingerprint density at radius 1 is 0.905 bits per heavy atom. The average molecular weight is 318 g/mol. The van der Waals surface area contributed by atoms with E-state index in [1.807, 2.05) is 24.3 Å². The van der Waals surface area contributed by atoms with Gasteiger partial charge in [0, 0.05) is 10.4 Å². The highest BCUT2D eigenvalue weighted by Crippen LogP contribution is 2.32. The Hall–Kier alpha value is -2.04. The molecule has 3 nitrogen and oxygen atoms in total. The number of benzene rings is 3. The molecule has 0 aromatic heterocycles. The number of nitrogen functional groups attached to an aromatic ring is 1. The van der Waals surface area contributed by atoms with Crippen LogP contribution in [-0.4, -0.2) is 8.42 Å². The molecule has 0 aliphatic heterocycles. The zero-order valence-electron chi connectivity index (χ0n) is 11.0. The lowest BCUT2D eigenvalue weighted by molar-refractivity contribution is 0.596. The van der Waals surface area contributed by atoms with Crippen molar-refractivity contribution in [2.45, 2.75) is 9.79 Å². The number of para-hydroxylation sites is 1. The van der Waals surface area contributed by atoms with Gasteiger partial charge in [-0.3, -0.25) is 0 Å². The summed E-state index contributed by atoms with van der Waals surface area (Å²) >= 11 is 6.20. The second-order valence-corrected chi connectivity index (χ2v) is 6.99. The second kappa shape index (κ2) is 5.06. The van der Waals surface area contributed by atoms with Crippen LogP contribution < -0.4 is 5.73 Å². The highest BCUT2D eigenvalue weighted by Gasteiger charge is 2.21. The normalized spacial score (nSPS) is 11.7. The van der Waals surface area contributed by atoms with Crippen molar-refractivity contribution >= 4 is 37.9 Å². The Morgan fingerprint density at radius 2 is 1.57 bits per heavy atom. The number of halogens is 1. The SMILES string of the molecule is Nc1ccccc1S(=O)(=O)c1cc(Cl)c2ccccc2c1. The maximum absolute atomic E-state index is 12.7. The Morgan fingerprint density at radius 3 is 2.33 bits per heavy atom. The van der Waals surface area contributed by atoms with Gasteiger partial charge in [-0.1, -0.05) is 48.0 Å². The van der Waals surface area contributed by atoms with Crippen molar-refractivity contribution in [2.75, 3.05) is 5.73 Å². The molecule has 106 valence electrons. The minimum atomic E-state index is -3.69. The molecule has 0 bridgehead atoms. The summed E-state index contributed by atoms with van der Waals surface area (Å²) in [6.07, 6.45) is 0. The first kappa shape index (κ1) is 13.9. The molecule has 0 unspecified atom stereocenters. The largest absolute Gasteiger partial charge is 0.398 e. The fourth-order valence-electron chi connectivity index (χ4n) is 2.25. The fourth-order valence-corrected chi connectivity index (χ4v) is 4.04. The monoisotopic (exact) mass is 317 g/mol. The second-order valence-electron chi connectivity index (χ2n) is 4.67. The summed E-state index contributed by atoms with van der Waals surface area (Å²) in [5.41, 5.74) is 6.01. The molecule has 0 amide bonds. The van der Waals surface area contributed by atoms with Crippen LogP contribution in [0.15, 0.2) is 70.5 Å². The molecular formula is C16H12ClNO2S. The number of fused-ring (bicyclic) bond motifs is 1. The quantitative estimate of drug-likeness (QED) is 0.729. The van der Waals surface area contributed by atoms with Gasteiger partial charge in [0.15, 0.2) is 0 Å². The van der Waals surface area contributed by atoms with Gasteiger partial charge in [-0.05, 0) is 29.7 Å². The van der Waals surface area contributed by atoms with Crippen molar-refractivity contribution in [3.05, 3.63) is 65.7 Å². The maximum atomic E-state index is 12.7. The minimum absolute atomic E-state index is 0.0938. The van der Waals surface area contributed by atoms with Crippen molar-refractivity contribution in [3.8, 4) is 0 Å². The van der Waals surface area contributed by atoms with E-state index in [4.69, 9.17) is 17.3 Å². The summed E-state index contributed by atoms with van der Waals surface area (Å²) in [5.74, 6) is 0. The van der Waals surface area contributed by atoms with Gasteiger partial charge < -0.3 is 5.73 Å². The fraction of sp³-hybridized carbons (Fsp3) is 0. The van der Waals surface area contributed by atoms with Gasteiger partial charge in [-0.2, -0.15) is 0 Å². The number of rotatable bonds is 2. The predicted molar refractivity (Wildman–Crippen MR) is 85.3 cm³/mol. The lowest BCUT2D eigenvalue weighted by atomic mass is 10.1. The third-order valence-electron chi connectivity index (χ3n) is 3.30. The number of anilines is 1. The number of sulfone groups is 1. The minimum Gasteiger partial charge on any atom is -0.398 e. The van der Waals surface area contributed by atoms with Gasteiger partial charge in [0.25, 0.3) is 0 Å². The van der Waals surface area contributed by atoms with Crippen molar-refractivity contribution in [1.29, 1.82) is 0 Å². The molecule has 0 fully saturated rings. The molecule has 0 atom stereocenters. The molecule has 0 heterocycles. The van der Waals surface area contributed by atoms with Gasteiger partial charge >= 0.3 is 0 Å². The average Bonchev–Trinajstić information content (AvgIpc) is 2.47. The smallest absolute Gasteiger partial charge is 0.208 e. The van der Waals surface area contributed by atoms with Crippen LogP contribution in [0.1, 0.15) is 0 Å². The van der Waals surface area contributed by atoms with E-state index in [0.29, 0.717) is 5.02 Å². The summed E-state index contributed by atoms with van der Waals surface area (Å²) < 4.78 is 25.4. The summed E-state index contributed by atoms with van der Waals surface area (Å²) in [6, 6.07) is 16.9. The lowest BCUT2D eigenvalue weighted by Gasteiger charge is -2.09. The first-order valence-electron chi connectivity index (χ1n) is 6.28. The van der Waals surface area contributed by atoms with E-state index in [2.05, 4.69) is 0 Å². The van der Waals surface area contributed by atoms with Crippen molar-refractivity contribution in [3.63, 3.8) is 0 Å². The van der Waals surface area contributed by atoms with Gasteiger partial charge in [0.2, 0.25) is 9.84 Å². The van der Waals surface area contributed by atoms with Crippen LogP contribution in [0.4, 0.5) is 5.69 Å². The third-order valence-corrected chi connectivity index (χ3v) is 5.42. The van der Waals surface area contributed by atoms with Crippen molar-refractivity contribution in [2.24, 2.45) is 0 Å². The Kier molecular flexibility index (Phi) is 3.35. The van der Waals surface area contributed by atoms with Crippen LogP contribution in [0, 0.1) is 0 Å². The molecule has 3 rings (SSSR count). The Labute approximate surface area is 127 Å². The molecule has 21 heavy (non-hydrogen) atoms. The Balaban J connectivity index is 2.27. The maximum Gasteiger partial charge on any atom is 0.208 e. The first-order valence-corrected chi connectivity index (χ1v) is 8.14. The van der Waals surface area contributed by atoms with Crippen LogP contribution >= 0.6 is 11.6 Å². The van der Waals surface area contributed by atoms with E-state index in [9.17, 15) is 8.42 Å². The summed E-state index contributed by atoms with van der Waals surface area (Å²) in [7, 11) is -3.69. The molecule has 5 heteroatoms. The van der Waals surface area contributed by atoms with E-state index < -0.39 is 9.84 Å². The van der Waals surface area contributed by atoms with E-state index in [1.54, 1.807) is 24.3 Å². The van der Waals surface area contributed by atoms with Crippen LogP contribution in [0.5, 0.6) is 0 Å². The predicted octanol–water partition coefficient (Wildman–Crippen LogP) is 3.91. The molecule has 0 aliphatic carbocycles. The molecule has 0 spiro atoms. The summed E-state index contributed by atoms with van der Waals surface area (Å²) in [5, 5.41) is 2.00. The number of nitrogens with two attached hydrogens (primary N) is 1.